The molecule has 0 aliphatic rings. The fraction of sp³-hybridized carbons (Fsp3) is 0.0741. The number of benzene rings is 4. The summed E-state index contributed by atoms with van der Waals surface area (Å²) in [5.74, 6) is -0.584. The first-order valence-electron chi connectivity index (χ1n) is 10.4. The summed E-state index contributed by atoms with van der Waals surface area (Å²) in [5.41, 5.74) is 8.93. The maximum absolute atomic E-state index is 13.3. The van der Waals surface area contributed by atoms with Crippen molar-refractivity contribution in [1.82, 2.24) is 4.57 Å². The van der Waals surface area contributed by atoms with Gasteiger partial charge >= 0.3 is 6.18 Å². The van der Waals surface area contributed by atoms with Gasteiger partial charge in [-0.3, -0.25) is 4.79 Å². The Bertz CT molecular complexity index is 1550. The number of amides is 1. The van der Waals surface area contributed by atoms with Crippen molar-refractivity contribution >= 4 is 39.3 Å². The monoisotopic (exact) mass is 477 g/mol. The summed E-state index contributed by atoms with van der Waals surface area (Å²) in [6.07, 6.45) is -4.44. The standard InChI is InChI=1S/C27H17ClF3N2O/c28-20-10-7-17(8-11-20)18-9-12-21-24(14-18)33(23-6-2-5-22(25(21)23)26(32)34)15-16-3-1-4-19(13-16)27(29,30)31/h1-11,13-14H,15H2,(H2,32,34). The molecule has 1 aromatic heterocycles. The molecule has 0 aliphatic heterocycles. The Labute approximate surface area is 198 Å². The number of carbonyl (C=O) groups excluding carboxylic acids is 1. The number of halogens is 4. The number of aromatic nitrogens is 1. The van der Waals surface area contributed by atoms with Gasteiger partial charge in [-0.2, -0.15) is 13.2 Å². The van der Waals surface area contributed by atoms with E-state index in [1.54, 1.807) is 30.3 Å². The van der Waals surface area contributed by atoms with E-state index in [4.69, 9.17) is 17.3 Å². The van der Waals surface area contributed by atoms with E-state index < -0.39 is 17.6 Å². The number of nitrogens with zero attached hydrogens (tertiary/aromatic N) is 1. The summed E-state index contributed by atoms with van der Waals surface area (Å²) in [7, 11) is 0. The first-order chi connectivity index (χ1) is 16.2. The zero-order valence-electron chi connectivity index (χ0n) is 17.7. The Balaban J connectivity index is 1.75. The molecule has 1 amide bonds. The van der Waals surface area contributed by atoms with Gasteiger partial charge in [0.15, 0.2) is 0 Å². The molecule has 0 unspecified atom stereocenters. The van der Waals surface area contributed by atoms with Gasteiger partial charge in [0.05, 0.1) is 16.6 Å². The van der Waals surface area contributed by atoms with E-state index in [-0.39, 0.29) is 6.54 Å². The molecule has 0 fully saturated rings. The molecule has 2 N–H and O–H groups in total. The van der Waals surface area contributed by atoms with Crippen LogP contribution in [-0.2, 0) is 12.7 Å². The number of alkyl halides is 3. The second-order valence-electron chi connectivity index (χ2n) is 8.00. The van der Waals surface area contributed by atoms with E-state index >= 15 is 0 Å². The average molecular weight is 478 g/mol. The van der Waals surface area contributed by atoms with Crippen LogP contribution >= 0.6 is 11.6 Å². The minimum Gasteiger partial charge on any atom is -0.366 e. The van der Waals surface area contributed by atoms with E-state index in [0.29, 0.717) is 32.4 Å². The fourth-order valence-corrected chi connectivity index (χ4v) is 4.39. The summed E-state index contributed by atoms with van der Waals surface area (Å²) in [5, 5.41) is 1.91. The summed E-state index contributed by atoms with van der Waals surface area (Å²) in [4.78, 5) is 12.2. The van der Waals surface area contributed by atoms with Crippen molar-refractivity contribution in [3.8, 4) is 11.1 Å². The van der Waals surface area contributed by atoms with Crippen LogP contribution in [0.1, 0.15) is 21.5 Å². The van der Waals surface area contributed by atoms with Gasteiger partial charge in [-0.15, -0.1) is 0 Å². The van der Waals surface area contributed by atoms with Gasteiger partial charge in [0.25, 0.3) is 0 Å². The molecular weight excluding hydrogens is 461 g/mol. The van der Waals surface area contributed by atoms with Crippen LogP contribution in [0.4, 0.5) is 13.2 Å². The minimum atomic E-state index is -4.44. The molecular formula is C27H17ClF3N2O. The Kier molecular flexibility index (Phi) is 5.33. The zero-order valence-corrected chi connectivity index (χ0v) is 18.4. The normalized spacial score (nSPS) is 11.9. The number of rotatable bonds is 4. The third-order valence-corrected chi connectivity index (χ3v) is 6.08. The van der Waals surface area contributed by atoms with E-state index in [1.807, 2.05) is 34.9 Å². The van der Waals surface area contributed by atoms with Crippen molar-refractivity contribution in [1.29, 1.82) is 0 Å². The zero-order chi connectivity index (χ0) is 24.0. The number of fused-ring (bicyclic) bond motifs is 3. The second-order valence-corrected chi connectivity index (χ2v) is 8.44. The van der Waals surface area contributed by atoms with Crippen molar-refractivity contribution in [2.45, 2.75) is 12.7 Å². The molecule has 169 valence electrons. The van der Waals surface area contributed by atoms with Gasteiger partial charge in [0.1, 0.15) is 0 Å². The summed E-state index contributed by atoms with van der Waals surface area (Å²) >= 11 is 6.02. The van der Waals surface area contributed by atoms with E-state index in [1.165, 1.54) is 6.07 Å². The molecule has 0 aliphatic carbocycles. The third kappa shape index (κ3) is 3.90. The summed E-state index contributed by atoms with van der Waals surface area (Å²) in [6, 6.07) is 24.8. The molecule has 0 bridgehead atoms. The lowest BCUT2D eigenvalue weighted by Gasteiger charge is -2.12. The van der Waals surface area contributed by atoms with Crippen LogP contribution in [0.2, 0.25) is 5.02 Å². The van der Waals surface area contributed by atoms with Crippen LogP contribution in [-0.4, -0.2) is 10.5 Å². The highest BCUT2D eigenvalue weighted by Gasteiger charge is 2.30. The molecule has 0 saturated heterocycles. The smallest absolute Gasteiger partial charge is 0.366 e. The van der Waals surface area contributed by atoms with Crippen molar-refractivity contribution in [3.05, 3.63) is 107 Å². The van der Waals surface area contributed by atoms with Crippen LogP contribution in [0.15, 0.2) is 78.9 Å². The number of carbonyl (C=O) groups is 1. The lowest BCUT2D eigenvalue weighted by molar-refractivity contribution is -0.137. The molecule has 5 rings (SSSR count). The molecule has 0 atom stereocenters. The molecule has 0 spiro atoms. The van der Waals surface area contributed by atoms with Crippen LogP contribution < -0.4 is 5.73 Å². The Morgan fingerprint density at radius 2 is 1.68 bits per heavy atom. The van der Waals surface area contributed by atoms with Gasteiger partial charge < -0.3 is 10.3 Å². The van der Waals surface area contributed by atoms with Gasteiger partial charge in [-0.25, -0.2) is 0 Å². The molecule has 1 heterocycles. The fourth-order valence-electron chi connectivity index (χ4n) is 4.27. The first kappa shape index (κ1) is 22.0. The van der Waals surface area contributed by atoms with Crippen LogP contribution in [0.25, 0.3) is 32.9 Å². The quantitative estimate of drug-likeness (QED) is 0.295. The molecule has 7 heteroatoms. The predicted octanol–water partition coefficient (Wildman–Crippen LogP) is 7.08. The number of hydrogen-bond acceptors (Lipinski definition) is 1. The first-order valence-corrected chi connectivity index (χ1v) is 10.8. The largest absolute Gasteiger partial charge is 0.416 e. The molecule has 0 saturated carbocycles. The van der Waals surface area contributed by atoms with E-state index in [9.17, 15) is 18.0 Å². The SMILES string of the molecule is NC(=O)c1cccc2c1c1[c]cc(-c3ccc(Cl)cc3)cc1n2Cc1cccc(C(F)(F)F)c1. The highest BCUT2D eigenvalue weighted by Crippen LogP contribution is 2.36. The molecule has 4 aromatic carbocycles. The highest BCUT2D eigenvalue weighted by atomic mass is 35.5. The highest BCUT2D eigenvalue weighted by molar-refractivity contribution is 6.30. The van der Waals surface area contributed by atoms with Gasteiger partial charge in [0.2, 0.25) is 5.91 Å². The van der Waals surface area contributed by atoms with Gasteiger partial charge in [-0.1, -0.05) is 41.9 Å². The van der Waals surface area contributed by atoms with Crippen LogP contribution in [0.3, 0.4) is 0 Å². The predicted molar refractivity (Wildman–Crippen MR) is 128 cm³/mol. The maximum atomic E-state index is 13.3. The Hall–Kier alpha value is -3.77. The van der Waals surface area contributed by atoms with Crippen molar-refractivity contribution in [3.63, 3.8) is 0 Å². The Morgan fingerprint density at radius 3 is 2.38 bits per heavy atom. The minimum absolute atomic E-state index is 0.171. The molecule has 3 nitrogen and oxygen atoms in total. The number of primary amides is 1. The lowest BCUT2D eigenvalue weighted by Crippen LogP contribution is -2.11. The van der Waals surface area contributed by atoms with Crippen molar-refractivity contribution in [2.24, 2.45) is 5.73 Å². The number of hydrogen-bond donors (Lipinski definition) is 1. The third-order valence-electron chi connectivity index (χ3n) is 5.83. The van der Waals surface area contributed by atoms with Gasteiger partial charge in [-0.05, 0) is 71.3 Å². The van der Waals surface area contributed by atoms with E-state index in [2.05, 4.69) is 6.07 Å². The van der Waals surface area contributed by atoms with Gasteiger partial charge in [0, 0.05) is 27.9 Å². The number of nitrogens with two attached hydrogens (primary N) is 1. The summed E-state index contributed by atoms with van der Waals surface area (Å²) in [6.45, 7) is 0.171. The molecule has 1 radical (unpaired) electrons. The van der Waals surface area contributed by atoms with E-state index in [0.717, 1.165) is 28.8 Å². The van der Waals surface area contributed by atoms with Crippen LogP contribution in [0, 0.1) is 6.07 Å². The average Bonchev–Trinajstić information content (AvgIpc) is 3.12. The van der Waals surface area contributed by atoms with Crippen LogP contribution in [0.5, 0.6) is 0 Å². The maximum Gasteiger partial charge on any atom is 0.416 e. The second kappa shape index (κ2) is 8.22. The summed E-state index contributed by atoms with van der Waals surface area (Å²) < 4.78 is 41.8. The Morgan fingerprint density at radius 1 is 0.941 bits per heavy atom. The van der Waals surface area contributed by atoms with Crippen molar-refractivity contribution < 1.29 is 18.0 Å². The molecule has 34 heavy (non-hydrogen) atoms. The molecule has 5 aromatic rings. The lowest BCUT2D eigenvalue weighted by atomic mass is 10.0. The van der Waals surface area contributed by atoms with Crippen molar-refractivity contribution in [2.75, 3.05) is 0 Å². The topological polar surface area (TPSA) is 48.0 Å².